The zero-order valence-corrected chi connectivity index (χ0v) is 17.3. The van der Waals surface area contributed by atoms with Crippen LogP contribution in [0, 0.1) is 5.92 Å². The summed E-state index contributed by atoms with van der Waals surface area (Å²) < 4.78 is 22.9. The first-order valence-corrected chi connectivity index (χ1v) is 11.7. The van der Waals surface area contributed by atoms with Crippen molar-refractivity contribution in [3.05, 3.63) is 0 Å². The van der Waals surface area contributed by atoms with E-state index in [-0.39, 0.29) is 23.5 Å². The van der Waals surface area contributed by atoms with E-state index in [0.29, 0.717) is 25.3 Å². The van der Waals surface area contributed by atoms with Crippen molar-refractivity contribution < 1.29 is 13.2 Å². The van der Waals surface area contributed by atoms with Crippen LogP contribution in [-0.4, -0.2) is 57.5 Å². The molecule has 1 amide bonds. The quantitative estimate of drug-likeness (QED) is 0.367. The van der Waals surface area contributed by atoms with Crippen molar-refractivity contribution in [3.63, 3.8) is 0 Å². The molecule has 1 saturated heterocycles. The van der Waals surface area contributed by atoms with Gasteiger partial charge in [-0.05, 0) is 25.7 Å². The maximum Gasteiger partial charge on any atom is 0.222 e. The highest BCUT2D eigenvalue weighted by atomic mass is 32.2. The van der Waals surface area contributed by atoms with Crippen molar-refractivity contribution in [1.29, 1.82) is 0 Å². The van der Waals surface area contributed by atoms with E-state index in [2.05, 4.69) is 34.8 Å². The molecule has 1 rings (SSSR count). The van der Waals surface area contributed by atoms with Gasteiger partial charge in [0.05, 0.1) is 11.5 Å². The smallest absolute Gasteiger partial charge is 0.222 e. The van der Waals surface area contributed by atoms with Crippen molar-refractivity contribution in [1.82, 2.24) is 16.0 Å². The van der Waals surface area contributed by atoms with Gasteiger partial charge in [0.1, 0.15) is 0 Å². The van der Waals surface area contributed by atoms with E-state index < -0.39 is 9.84 Å². The van der Waals surface area contributed by atoms with Crippen LogP contribution in [0.15, 0.2) is 4.99 Å². The molecule has 152 valence electrons. The fourth-order valence-electron chi connectivity index (χ4n) is 2.98. The molecule has 2 unspecified atom stereocenters. The van der Waals surface area contributed by atoms with Crippen molar-refractivity contribution in [2.45, 2.75) is 65.3 Å². The Morgan fingerprint density at radius 1 is 1.23 bits per heavy atom. The molecule has 1 fully saturated rings. The average Bonchev–Trinajstić information content (AvgIpc) is 2.93. The van der Waals surface area contributed by atoms with E-state index >= 15 is 0 Å². The van der Waals surface area contributed by atoms with Crippen LogP contribution in [0.2, 0.25) is 0 Å². The van der Waals surface area contributed by atoms with Crippen LogP contribution < -0.4 is 16.0 Å². The number of hydrogen-bond acceptors (Lipinski definition) is 4. The minimum absolute atomic E-state index is 0.0619. The van der Waals surface area contributed by atoms with Crippen LogP contribution in [0.25, 0.3) is 0 Å². The second-order valence-electron chi connectivity index (χ2n) is 6.98. The van der Waals surface area contributed by atoms with Gasteiger partial charge in [-0.1, -0.05) is 33.1 Å². The zero-order valence-electron chi connectivity index (χ0n) is 16.5. The van der Waals surface area contributed by atoms with Gasteiger partial charge in [0, 0.05) is 32.1 Å². The molecule has 0 bridgehead atoms. The summed E-state index contributed by atoms with van der Waals surface area (Å²) in [6.45, 7) is 8.45. The van der Waals surface area contributed by atoms with E-state index in [4.69, 9.17) is 0 Å². The lowest BCUT2D eigenvalue weighted by atomic mass is 10.00. The summed E-state index contributed by atoms with van der Waals surface area (Å²) in [6, 6.07) is -0.238. The van der Waals surface area contributed by atoms with Gasteiger partial charge in [0.25, 0.3) is 0 Å². The molecule has 2 atom stereocenters. The van der Waals surface area contributed by atoms with Crippen LogP contribution in [0.3, 0.4) is 0 Å². The highest BCUT2D eigenvalue weighted by Gasteiger charge is 2.28. The van der Waals surface area contributed by atoms with Gasteiger partial charge in [0.15, 0.2) is 15.8 Å². The normalized spacial score (nSPS) is 20.6. The molecule has 0 saturated carbocycles. The van der Waals surface area contributed by atoms with Gasteiger partial charge in [-0.25, -0.2) is 8.42 Å². The second-order valence-corrected chi connectivity index (χ2v) is 9.21. The van der Waals surface area contributed by atoms with Gasteiger partial charge in [-0.15, -0.1) is 0 Å². The third kappa shape index (κ3) is 9.40. The van der Waals surface area contributed by atoms with E-state index in [1.165, 1.54) is 19.3 Å². The molecule has 0 aromatic heterocycles. The fourth-order valence-corrected chi connectivity index (χ4v) is 4.66. The Balaban J connectivity index is 2.35. The minimum atomic E-state index is -2.97. The molecular formula is C18H36N4O3S. The number of guanidine groups is 1. The molecule has 0 aromatic rings. The highest BCUT2D eigenvalue weighted by Crippen LogP contribution is 2.13. The first-order valence-electron chi connectivity index (χ1n) is 9.92. The number of rotatable bonds is 11. The summed E-state index contributed by atoms with van der Waals surface area (Å²) >= 11 is 0. The van der Waals surface area contributed by atoms with Crippen LogP contribution >= 0.6 is 0 Å². The minimum Gasteiger partial charge on any atom is -0.357 e. The Morgan fingerprint density at radius 3 is 2.58 bits per heavy atom. The lowest BCUT2D eigenvalue weighted by Crippen LogP contribution is -2.41. The van der Waals surface area contributed by atoms with Crippen LogP contribution in [-0.2, 0) is 14.6 Å². The molecule has 0 aliphatic carbocycles. The molecule has 0 radical (unpaired) electrons. The van der Waals surface area contributed by atoms with Crippen LogP contribution in [0.5, 0.6) is 0 Å². The van der Waals surface area contributed by atoms with Gasteiger partial charge >= 0.3 is 0 Å². The van der Waals surface area contributed by atoms with E-state index in [1.807, 2.05) is 6.92 Å². The Labute approximate surface area is 158 Å². The molecule has 1 aliphatic rings. The maximum atomic E-state index is 12.0. The molecule has 1 aliphatic heterocycles. The van der Waals surface area contributed by atoms with Gasteiger partial charge in [0.2, 0.25) is 5.91 Å². The third-order valence-corrected chi connectivity index (χ3v) is 6.41. The topological polar surface area (TPSA) is 99.7 Å². The molecule has 0 aromatic carbocycles. The number of sulfone groups is 1. The summed E-state index contributed by atoms with van der Waals surface area (Å²) in [7, 11) is -2.97. The summed E-state index contributed by atoms with van der Waals surface area (Å²) in [5.41, 5.74) is 0. The zero-order chi connectivity index (χ0) is 19.4. The van der Waals surface area contributed by atoms with Gasteiger partial charge in [-0.3, -0.25) is 9.79 Å². The number of nitrogens with one attached hydrogen (secondary N) is 3. The number of carbonyl (C=O) groups excluding carboxylic acids is 1. The lowest BCUT2D eigenvalue weighted by Gasteiger charge is -2.15. The van der Waals surface area contributed by atoms with Crippen LogP contribution in [0.4, 0.5) is 0 Å². The summed E-state index contributed by atoms with van der Waals surface area (Å²) in [5, 5.41) is 9.20. The highest BCUT2D eigenvalue weighted by molar-refractivity contribution is 7.91. The standard InChI is InChI=1S/C18H36N4O3S/c1-4-7-8-15(5-2)13-21-18(19-6-3)20-11-9-17(23)22-16-10-12-26(24,25)14-16/h15-16H,4-14H2,1-3H3,(H,22,23)(H2,19,20,21). The van der Waals surface area contributed by atoms with Gasteiger partial charge < -0.3 is 16.0 Å². The number of aliphatic imine (C=N–C) groups is 1. The number of carbonyl (C=O) groups is 1. The number of amides is 1. The molecule has 26 heavy (non-hydrogen) atoms. The maximum absolute atomic E-state index is 12.0. The van der Waals surface area contributed by atoms with Gasteiger partial charge in [-0.2, -0.15) is 0 Å². The van der Waals surface area contributed by atoms with Crippen molar-refractivity contribution in [3.8, 4) is 0 Å². The predicted octanol–water partition coefficient (Wildman–Crippen LogP) is 1.45. The summed E-state index contributed by atoms with van der Waals surface area (Å²) in [6.07, 6.45) is 5.57. The number of hydrogen-bond donors (Lipinski definition) is 3. The molecule has 0 spiro atoms. The summed E-state index contributed by atoms with van der Waals surface area (Å²) in [4.78, 5) is 16.6. The SMILES string of the molecule is CCCCC(CC)CN=C(NCC)NCCC(=O)NC1CCS(=O)(=O)C1. The second kappa shape index (κ2) is 12.1. The first kappa shape index (κ1) is 22.7. The number of unbranched alkanes of at least 4 members (excludes halogenated alkanes) is 1. The molecule has 1 heterocycles. The van der Waals surface area contributed by atoms with Crippen molar-refractivity contribution in [2.24, 2.45) is 10.9 Å². The Kier molecular flexibility index (Phi) is 10.6. The Hall–Kier alpha value is -1.31. The van der Waals surface area contributed by atoms with Crippen molar-refractivity contribution in [2.75, 3.05) is 31.1 Å². The average molecular weight is 389 g/mol. The Bertz CT molecular complexity index is 549. The molecule has 3 N–H and O–H groups in total. The largest absolute Gasteiger partial charge is 0.357 e. The van der Waals surface area contributed by atoms with Crippen LogP contribution in [0.1, 0.15) is 59.3 Å². The van der Waals surface area contributed by atoms with E-state index in [9.17, 15) is 13.2 Å². The third-order valence-electron chi connectivity index (χ3n) is 4.64. The van der Waals surface area contributed by atoms with Crippen molar-refractivity contribution >= 4 is 21.7 Å². The molecular weight excluding hydrogens is 352 g/mol. The first-order chi connectivity index (χ1) is 12.4. The molecule has 8 heteroatoms. The fraction of sp³-hybridized carbons (Fsp3) is 0.889. The van der Waals surface area contributed by atoms with E-state index in [0.717, 1.165) is 25.5 Å². The molecule has 7 nitrogen and oxygen atoms in total. The number of nitrogens with zero attached hydrogens (tertiary/aromatic N) is 1. The predicted molar refractivity (Wildman–Crippen MR) is 107 cm³/mol. The van der Waals surface area contributed by atoms with E-state index in [1.54, 1.807) is 0 Å². The lowest BCUT2D eigenvalue weighted by molar-refractivity contribution is -0.121. The monoisotopic (exact) mass is 388 g/mol. The Morgan fingerprint density at radius 2 is 2.00 bits per heavy atom. The summed E-state index contributed by atoms with van der Waals surface area (Å²) in [5.74, 6) is 1.44.